The topological polar surface area (TPSA) is 76.7 Å². The molecule has 0 aliphatic carbocycles. The minimum atomic E-state index is -0.620. The molecule has 2 atom stereocenters. The zero-order valence-electron chi connectivity index (χ0n) is 17.3. The Morgan fingerprint density at radius 2 is 2.14 bits per heavy atom. The molecule has 1 aromatic carbocycles. The van der Waals surface area contributed by atoms with E-state index in [0.29, 0.717) is 18.0 Å². The van der Waals surface area contributed by atoms with Crippen LogP contribution < -0.4 is 20.1 Å². The van der Waals surface area contributed by atoms with Crippen molar-refractivity contribution in [2.75, 3.05) is 6.61 Å². The molecule has 0 saturated carbocycles. The Kier molecular flexibility index (Phi) is 6.79. The van der Waals surface area contributed by atoms with E-state index < -0.39 is 6.04 Å². The zero-order chi connectivity index (χ0) is 21.0. The average Bonchev–Trinajstić information content (AvgIpc) is 3.32. The molecule has 0 fully saturated rings. The molecule has 1 aromatic heterocycles. The molecule has 0 unspecified atom stereocenters. The Balaban J connectivity index is 1.69. The molecule has 29 heavy (non-hydrogen) atoms. The molecule has 7 heteroatoms. The molecule has 1 aliphatic rings. The van der Waals surface area contributed by atoms with Crippen LogP contribution in [-0.4, -0.2) is 30.6 Å². The normalized spacial score (nSPS) is 16.1. The van der Waals surface area contributed by atoms with Gasteiger partial charge in [0.15, 0.2) is 0 Å². The number of rotatable bonds is 8. The van der Waals surface area contributed by atoms with Gasteiger partial charge in [-0.15, -0.1) is 11.3 Å². The lowest BCUT2D eigenvalue weighted by Crippen LogP contribution is -2.49. The van der Waals surface area contributed by atoms with Crippen molar-refractivity contribution < 1.29 is 19.1 Å². The summed E-state index contributed by atoms with van der Waals surface area (Å²) in [7, 11) is 0. The van der Waals surface area contributed by atoms with Crippen molar-refractivity contribution in [1.29, 1.82) is 0 Å². The van der Waals surface area contributed by atoms with E-state index in [2.05, 4.69) is 10.6 Å². The van der Waals surface area contributed by atoms with Crippen molar-refractivity contribution in [3.8, 4) is 11.5 Å². The van der Waals surface area contributed by atoms with E-state index in [4.69, 9.17) is 9.47 Å². The molecule has 0 radical (unpaired) electrons. The van der Waals surface area contributed by atoms with Crippen LogP contribution in [0, 0.1) is 5.92 Å². The number of hydrogen-bond donors (Lipinski definition) is 2. The number of ether oxygens (including phenoxy) is 2. The van der Waals surface area contributed by atoms with Crippen LogP contribution >= 0.6 is 11.3 Å². The first kappa shape index (κ1) is 21.2. The van der Waals surface area contributed by atoms with Gasteiger partial charge in [0, 0.05) is 24.1 Å². The van der Waals surface area contributed by atoms with Crippen molar-refractivity contribution in [3.05, 3.63) is 45.6 Å². The lowest BCUT2D eigenvalue weighted by Gasteiger charge is -2.22. The van der Waals surface area contributed by atoms with Crippen molar-refractivity contribution in [3.63, 3.8) is 0 Å². The number of amides is 2. The molecule has 6 nitrogen and oxygen atoms in total. The first-order chi connectivity index (χ1) is 13.9. The second kappa shape index (κ2) is 9.31. The number of hydrogen-bond acceptors (Lipinski definition) is 5. The summed E-state index contributed by atoms with van der Waals surface area (Å²) in [4.78, 5) is 25.8. The van der Waals surface area contributed by atoms with Crippen molar-refractivity contribution in [2.45, 2.75) is 52.8 Å². The molecule has 0 spiro atoms. The molecule has 0 bridgehead atoms. The van der Waals surface area contributed by atoms with Gasteiger partial charge in [-0.3, -0.25) is 9.59 Å². The molecule has 2 amide bonds. The molecular formula is C22H28N2O4S. The van der Waals surface area contributed by atoms with Crippen LogP contribution in [0.1, 0.15) is 48.5 Å². The standard InChI is InChI=1S/C22H28N2O4S/c1-5-27-17-10-15-9-14(4)28-18(15)11-16(17)12-23-22(26)20(13(2)3)24-21(25)19-7-6-8-29-19/h6-8,10-11,13-14,20H,5,9,12H2,1-4H3,(H,23,26)(H,24,25)/t14-,20+/m0/s1. The molecule has 2 N–H and O–H groups in total. The monoisotopic (exact) mass is 416 g/mol. The van der Waals surface area contributed by atoms with Gasteiger partial charge >= 0.3 is 0 Å². The van der Waals surface area contributed by atoms with Crippen molar-refractivity contribution in [2.24, 2.45) is 5.92 Å². The van der Waals surface area contributed by atoms with Crippen LogP contribution in [-0.2, 0) is 17.8 Å². The highest BCUT2D eigenvalue weighted by atomic mass is 32.1. The smallest absolute Gasteiger partial charge is 0.262 e. The number of carbonyl (C=O) groups excluding carboxylic acids is 2. The third-order valence-electron chi connectivity index (χ3n) is 4.81. The van der Waals surface area contributed by atoms with Crippen molar-refractivity contribution >= 4 is 23.2 Å². The number of nitrogens with one attached hydrogen (secondary N) is 2. The highest BCUT2D eigenvalue weighted by Crippen LogP contribution is 2.35. The minimum absolute atomic E-state index is 0.0468. The van der Waals surface area contributed by atoms with Crippen LogP contribution in [0.15, 0.2) is 29.6 Å². The van der Waals surface area contributed by atoms with E-state index in [1.165, 1.54) is 11.3 Å². The number of thiophene rings is 1. The number of carbonyl (C=O) groups is 2. The van der Waals surface area contributed by atoms with E-state index in [9.17, 15) is 9.59 Å². The molecule has 2 aromatic rings. The summed E-state index contributed by atoms with van der Waals surface area (Å²) in [5.74, 6) is 1.10. The van der Waals surface area contributed by atoms with Crippen LogP contribution in [0.5, 0.6) is 11.5 Å². The van der Waals surface area contributed by atoms with Gasteiger partial charge in [-0.25, -0.2) is 0 Å². The summed E-state index contributed by atoms with van der Waals surface area (Å²) >= 11 is 1.35. The number of benzene rings is 1. The predicted molar refractivity (Wildman–Crippen MR) is 114 cm³/mol. The minimum Gasteiger partial charge on any atom is -0.494 e. The van der Waals surface area contributed by atoms with Crippen LogP contribution in [0.3, 0.4) is 0 Å². The Bertz CT molecular complexity index is 864. The Morgan fingerprint density at radius 3 is 2.79 bits per heavy atom. The zero-order valence-corrected chi connectivity index (χ0v) is 18.1. The first-order valence-electron chi connectivity index (χ1n) is 9.96. The summed E-state index contributed by atoms with van der Waals surface area (Å²) in [6.45, 7) is 8.64. The Hall–Kier alpha value is -2.54. The first-order valence-corrected chi connectivity index (χ1v) is 10.8. The third kappa shape index (κ3) is 5.09. The summed E-state index contributed by atoms with van der Waals surface area (Å²) < 4.78 is 11.6. The summed E-state index contributed by atoms with van der Waals surface area (Å²) in [6, 6.07) is 6.89. The van der Waals surface area contributed by atoms with E-state index in [1.807, 2.05) is 51.3 Å². The third-order valence-corrected chi connectivity index (χ3v) is 5.68. The Morgan fingerprint density at radius 1 is 1.34 bits per heavy atom. The van der Waals surface area contributed by atoms with Gasteiger partial charge in [-0.1, -0.05) is 19.9 Å². The summed E-state index contributed by atoms with van der Waals surface area (Å²) in [6.07, 6.45) is 0.994. The van der Waals surface area contributed by atoms with Crippen LogP contribution in [0.2, 0.25) is 0 Å². The molecule has 3 rings (SSSR count). The molecule has 0 saturated heterocycles. The average molecular weight is 417 g/mol. The van der Waals surface area contributed by atoms with Crippen LogP contribution in [0.4, 0.5) is 0 Å². The SMILES string of the molecule is CCOc1cc2c(cc1CNC(=O)[C@H](NC(=O)c1cccs1)C(C)C)O[C@@H](C)C2. The van der Waals surface area contributed by atoms with Gasteiger partial charge in [0.1, 0.15) is 23.6 Å². The molecule has 1 aliphatic heterocycles. The van der Waals surface area contributed by atoms with Gasteiger partial charge in [0.05, 0.1) is 11.5 Å². The fourth-order valence-electron chi connectivity index (χ4n) is 3.36. The lowest BCUT2D eigenvalue weighted by molar-refractivity contribution is -0.124. The van der Waals surface area contributed by atoms with Gasteiger partial charge in [-0.05, 0) is 43.3 Å². The van der Waals surface area contributed by atoms with E-state index in [0.717, 1.165) is 29.0 Å². The maximum absolute atomic E-state index is 12.8. The lowest BCUT2D eigenvalue weighted by atomic mass is 10.0. The number of fused-ring (bicyclic) bond motifs is 1. The molecule has 156 valence electrons. The largest absolute Gasteiger partial charge is 0.494 e. The van der Waals surface area contributed by atoms with Crippen LogP contribution in [0.25, 0.3) is 0 Å². The summed E-state index contributed by atoms with van der Waals surface area (Å²) in [5.41, 5.74) is 1.99. The highest BCUT2D eigenvalue weighted by molar-refractivity contribution is 7.12. The van der Waals surface area contributed by atoms with Gasteiger partial charge in [0.2, 0.25) is 5.91 Å². The molecule has 2 heterocycles. The Labute approximate surface area is 175 Å². The fourth-order valence-corrected chi connectivity index (χ4v) is 3.98. The summed E-state index contributed by atoms with van der Waals surface area (Å²) in [5, 5.41) is 7.63. The maximum atomic E-state index is 12.8. The second-order valence-electron chi connectivity index (χ2n) is 7.52. The molecular weight excluding hydrogens is 388 g/mol. The fraction of sp³-hybridized carbons (Fsp3) is 0.455. The van der Waals surface area contributed by atoms with Crippen molar-refractivity contribution in [1.82, 2.24) is 10.6 Å². The highest BCUT2D eigenvalue weighted by Gasteiger charge is 2.26. The van der Waals surface area contributed by atoms with Gasteiger partial charge < -0.3 is 20.1 Å². The van der Waals surface area contributed by atoms with E-state index >= 15 is 0 Å². The van der Waals surface area contributed by atoms with Gasteiger partial charge in [0.25, 0.3) is 5.91 Å². The second-order valence-corrected chi connectivity index (χ2v) is 8.47. The quantitative estimate of drug-likeness (QED) is 0.690. The van der Waals surface area contributed by atoms with Gasteiger partial charge in [-0.2, -0.15) is 0 Å². The maximum Gasteiger partial charge on any atom is 0.262 e. The van der Waals surface area contributed by atoms with E-state index in [1.54, 1.807) is 6.07 Å². The predicted octanol–water partition coefficient (Wildman–Crippen LogP) is 3.54. The van der Waals surface area contributed by atoms with E-state index in [-0.39, 0.29) is 23.8 Å².